The molecule has 0 saturated carbocycles. The molecule has 5 nitrogen and oxygen atoms in total. The van der Waals surface area contributed by atoms with Gasteiger partial charge in [-0.1, -0.05) is 30.3 Å². The highest BCUT2D eigenvalue weighted by Crippen LogP contribution is 2.16. The Kier molecular flexibility index (Phi) is 5.12. The zero-order chi connectivity index (χ0) is 14.4. The van der Waals surface area contributed by atoms with Crippen molar-refractivity contribution in [1.29, 1.82) is 0 Å². The summed E-state index contributed by atoms with van der Waals surface area (Å²) in [6, 6.07) is 7.80. The van der Waals surface area contributed by atoms with Gasteiger partial charge in [-0.05, 0) is 37.4 Å². The van der Waals surface area contributed by atoms with Crippen LogP contribution in [0.4, 0.5) is 0 Å². The largest absolute Gasteiger partial charge is 0.479 e. The fourth-order valence-electron chi connectivity index (χ4n) is 2.51. The van der Waals surface area contributed by atoms with Crippen LogP contribution < -0.4 is 10.6 Å². The number of piperidine rings is 1. The van der Waals surface area contributed by atoms with Gasteiger partial charge >= 0.3 is 5.97 Å². The molecule has 1 aromatic carbocycles. The summed E-state index contributed by atoms with van der Waals surface area (Å²) in [5.41, 5.74) is 0.593. The molecule has 1 unspecified atom stereocenters. The zero-order valence-corrected chi connectivity index (χ0v) is 11.3. The summed E-state index contributed by atoms with van der Waals surface area (Å²) in [6.45, 7) is 1.83. The van der Waals surface area contributed by atoms with Crippen molar-refractivity contribution in [3.05, 3.63) is 35.9 Å². The predicted octanol–water partition coefficient (Wildman–Crippen LogP) is 1.32. The highest BCUT2D eigenvalue weighted by Gasteiger charge is 2.24. The molecule has 1 aliphatic heterocycles. The van der Waals surface area contributed by atoms with E-state index in [9.17, 15) is 14.7 Å². The lowest BCUT2D eigenvalue weighted by Crippen LogP contribution is -2.37. The minimum Gasteiger partial charge on any atom is -0.479 e. The van der Waals surface area contributed by atoms with Gasteiger partial charge in [-0.2, -0.15) is 0 Å². The molecule has 20 heavy (non-hydrogen) atoms. The fraction of sp³-hybridized carbons (Fsp3) is 0.467. The van der Waals surface area contributed by atoms with Crippen molar-refractivity contribution >= 4 is 11.9 Å². The summed E-state index contributed by atoms with van der Waals surface area (Å²) in [4.78, 5) is 23.3. The first-order valence-corrected chi connectivity index (χ1v) is 6.94. The summed E-state index contributed by atoms with van der Waals surface area (Å²) < 4.78 is 0. The molecule has 0 spiro atoms. The van der Waals surface area contributed by atoms with E-state index in [-0.39, 0.29) is 5.91 Å². The van der Waals surface area contributed by atoms with Gasteiger partial charge in [-0.3, -0.25) is 4.79 Å². The summed E-state index contributed by atoms with van der Waals surface area (Å²) in [6.07, 6.45) is 2.46. The first-order chi connectivity index (χ1) is 9.66. The number of carboxylic acid groups (broad SMARTS) is 1. The lowest BCUT2D eigenvalue weighted by Gasteiger charge is -2.23. The first kappa shape index (κ1) is 14.5. The second-order valence-corrected chi connectivity index (χ2v) is 5.17. The minimum absolute atomic E-state index is 0.199. The summed E-state index contributed by atoms with van der Waals surface area (Å²) >= 11 is 0. The molecular weight excluding hydrogens is 256 g/mol. The van der Waals surface area contributed by atoms with Gasteiger partial charge in [0.05, 0.1) is 0 Å². The van der Waals surface area contributed by atoms with Crippen LogP contribution in [0.2, 0.25) is 0 Å². The molecular formula is C15H20N2O3. The van der Waals surface area contributed by atoms with Gasteiger partial charge < -0.3 is 15.7 Å². The Bertz CT molecular complexity index is 455. The maximum Gasteiger partial charge on any atom is 0.330 e. The van der Waals surface area contributed by atoms with E-state index in [0.717, 1.165) is 25.9 Å². The van der Waals surface area contributed by atoms with Crippen molar-refractivity contribution in [2.45, 2.75) is 25.3 Å². The SMILES string of the molecule is O=C(CC1CCCNC1)N[C@@H](C(=O)O)c1ccccc1. The van der Waals surface area contributed by atoms with Crippen LogP contribution >= 0.6 is 0 Å². The number of carbonyl (C=O) groups is 2. The number of rotatable bonds is 5. The molecule has 1 heterocycles. The van der Waals surface area contributed by atoms with Crippen LogP contribution in [0.1, 0.15) is 30.9 Å². The monoisotopic (exact) mass is 276 g/mol. The molecule has 1 saturated heterocycles. The Hall–Kier alpha value is -1.88. The van der Waals surface area contributed by atoms with Crippen molar-refractivity contribution in [3.8, 4) is 0 Å². The molecule has 5 heteroatoms. The number of carboxylic acids is 1. The molecule has 0 aliphatic carbocycles. The zero-order valence-electron chi connectivity index (χ0n) is 11.3. The van der Waals surface area contributed by atoms with E-state index in [1.165, 1.54) is 0 Å². The molecule has 108 valence electrons. The molecule has 3 N–H and O–H groups in total. The molecule has 1 aromatic rings. The molecule has 0 bridgehead atoms. The van der Waals surface area contributed by atoms with Crippen LogP contribution in [0.15, 0.2) is 30.3 Å². The first-order valence-electron chi connectivity index (χ1n) is 6.94. The van der Waals surface area contributed by atoms with Crippen LogP contribution in [0.3, 0.4) is 0 Å². The van der Waals surface area contributed by atoms with Crippen LogP contribution in [-0.2, 0) is 9.59 Å². The van der Waals surface area contributed by atoms with Crippen LogP contribution in [0.5, 0.6) is 0 Å². The molecule has 2 atom stereocenters. The number of amides is 1. The van der Waals surface area contributed by atoms with Gasteiger partial charge in [0, 0.05) is 6.42 Å². The van der Waals surface area contributed by atoms with E-state index in [4.69, 9.17) is 0 Å². The lowest BCUT2D eigenvalue weighted by atomic mass is 9.95. The molecule has 0 radical (unpaired) electrons. The number of hydrogen-bond acceptors (Lipinski definition) is 3. The molecule has 1 fully saturated rings. The maximum absolute atomic E-state index is 12.0. The van der Waals surface area contributed by atoms with Gasteiger partial charge in [-0.15, -0.1) is 0 Å². The average Bonchev–Trinajstić information content (AvgIpc) is 2.46. The standard InChI is InChI=1S/C15H20N2O3/c18-13(9-11-5-4-8-16-10-11)17-14(15(19)20)12-6-2-1-3-7-12/h1-3,6-7,11,14,16H,4-5,8-10H2,(H,17,18)(H,19,20)/t11?,14-/m1/s1. The van der Waals surface area contributed by atoms with E-state index in [1.807, 2.05) is 6.07 Å². The third-order valence-corrected chi connectivity index (χ3v) is 3.56. The predicted molar refractivity (Wildman–Crippen MR) is 75.2 cm³/mol. The van der Waals surface area contributed by atoms with Gasteiger partial charge in [0.25, 0.3) is 0 Å². The normalized spacial score (nSPS) is 20.1. The fourth-order valence-corrected chi connectivity index (χ4v) is 2.51. The van der Waals surface area contributed by atoms with Gasteiger partial charge in [0.15, 0.2) is 6.04 Å². The van der Waals surface area contributed by atoms with Crippen LogP contribution in [0.25, 0.3) is 0 Å². The highest BCUT2D eigenvalue weighted by atomic mass is 16.4. The third kappa shape index (κ3) is 4.06. The Balaban J connectivity index is 1.94. The third-order valence-electron chi connectivity index (χ3n) is 3.56. The number of carbonyl (C=O) groups excluding carboxylic acids is 1. The van der Waals surface area contributed by atoms with E-state index in [2.05, 4.69) is 10.6 Å². The quantitative estimate of drug-likeness (QED) is 0.758. The Morgan fingerprint density at radius 3 is 2.70 bits per heavy atom. The minimum atomic E-state index is -1.04. The molecule has 1 aliphatic rings. The molecule has 2 rings (SSSR count). The topological polar surface area (TPSA) is 78.4 Å². The van der Waals surface area contributed by atoms with Crippen molar-refractivity contribution in [2.24, 2.45) is 5.92 Å². The van der Waals surface area contributed by atoms with Gasteiger partial charge in [0.1, 0.15) is 0 Å². The Morgan fingerprint density at radius 1 is 1.35 bits per heavy atom. The van der Waals surface area contributed by atoms with Crippen molar-refractivity contribution in [1.82, 2.24) is 10.6 Å². The average molecular weight is 276 g/mol. The van der Waals surface area contributed by atoms with Crippen molar-refractivity contribution in [3.63, 3.8) is 0 Å². The lowest BCUT2D eigenvalue weighted by molar-refractivity contribution is -0.142. The number of aliphatic carboxylic acids is 1. The van der Waals surface area contributed by atoms with Gasteiger partial charge in [-0.25, -0.2) is 4.79 Å². The van der Waals surface area contributed by atoms with Crippen LogP contribution in [0, 0.1) is 5.92 Å². The molecule has 1 amide bonds. The van der Waals surface area contributed by atoms with E-state index < -0.39 is 12.0 Å². The van der Waals surface area contributed by atoms with E-state index in [1.54, 1.807) is 24.3 Å². The number of nitrogens with one attached hydrogen (secondary N) is 2. The Morgan fingerprint density at radius 2 is 2.10 bits per heavy atom. The second kappa shape index (κ2) is 7.05. The van der Waals surface area contributed by atoms with Gasteiger partial charge in [0.2, 0.25) is 5.91 Å². The second-order valence-electron chi connectivity index (χ2n) is 5.17. The number of hydrogen-bond donors (Lipinski definition) is 3. The highest BCUT2D eigenvalue weighted by molar-refractivity contribution is 5.84. The summed E-state index contributed by atoms with van der Waals surface area (Å²) in [5, 5.41) is 15.1. The summed E-state index contributed by atoms with van der Waals surface area (Å²) in [7, 11) is 0. The molecule has 0 aromatic heterocycles. The maximum atomic E-state index is 12.0. The summed E-state index contributed by atoms with van der Waals surface area (Å²) in [5.74, 6) is -0.935. The van der Waals surface area contributed by atoms with Crippen molar-refractivity contribution < 1.29 is 14.7 Å². The Labute approximate surface area is 118 Å². The number of benzene rings is 1. The van der Waals surface area contributed by atoms with E-state index >= 15 is 0 Å². The smallest absolute Gasteiger partial charge is 0.330 e. The van der Waals surface area contributed by atoms with Crippen LogP contribution in [-0.4, -0.2) is 30.1 Å². The van der Waals surface area contributed by atoms with Crippen molar-refractivity contribution in [2.75, 3.05) is 13.1 Å². The van der Waals surface area contributed by atoms with E-state index in [0.29, 0.717) is 17.9 Å².